The summed E-state index contributed by atoms with van der Waals surface area (Å²) in [5.41, 5.74) is -2.13. The Kier molecular flexibility index (Phi) is 3.95. The standard InChI is InChI=1S/C11H13FN2O4/c1-11(2,3)18-10(15)8-9(14(16)17)7(6-12)4-5-13-8/h4-5H,6H2,1-3H3. The molecule has 0 bridgehead atoms. The van der Waals surface area contributed by atoms with Crippen LogP contribution in [0.4, 0.5) is 10.1 Å². The van der Waals surface area contributed by atoms with Gasteiger partial charge in [0.15, 0.2) is 0 Å². The molecule has 0 aliphatic rings. The maximum atomic E-state index is 12.6. The third-order valence-corrected chi connectivity index (χ3v) is 1.93. The number of nitrogens with zero attached hydrogens (tertiary/aromatic N) is 2. The van der Waals surface area contributed by atoms with Crippen LogP contribution in [0.5, 0.6) is 0 Å². The summed E-state index contributed by atoms with van der Waals surface area (Å²) in [5.74, 6) is -0.940. The molecule has 0 N–H and O–H groups in total. The van der Waals surface area contributed by atoms with Crippen LogP contribution in [0, 0.1) is 10.1 Å². The first-order chi connectivity index (χ1) is 8.26. The van der Waals surface area contributed by atoms with E-state index in [4.69, 9.17) is 4.74 Å². The summed E-state index contributed by atoms with van der Waals surface area (Å²) in [5, 5.41) is 10.9. The largest absolute Gasteiger partial charge is 0.455 e. The SMILES string of the molecule is CC(C)(C)OC(=O)c1nccc(CF)c1[N+](=O)[O-]. The number of halogens is 1. The number of carbonyl (C=O) groups excluding carboxylic acids is 1. The van der Waals surface area contributed by atoms with E-state index in [0.717, 1.165) is 12.3 Å². The second kappa shape index (κ2) is 5.07. The smallest absolute Gasteiger partial charge is 0.364 e. The summed E-state index contributed by atoms with van der Waals surface area (Å²) in [6.45, 7) is 3.82. The van der Waals surface area contributed by atoms with Crippen molar-refractivity contribution in [2.45, 2.75) is 33.0 Å². The molecule has 1 aromatic rings. The molecular formula is C11H13FN2O4. The van der Waals surface area contributed by atoms with Crippen LogP contribution in [0.1, 0.15) is 36.8 Å². The lowest BCUT2D eigenvalue weighted by Gasteiger charge is -2.19. The Hall–Kier alpha value is -2.05. The number of esters is 1. The van der Waals surface area contributed by atoms with Crippen molar-refractivity contribution in [3.63, 3.8) is 0 Å². The average molecular weight is 256 g/mol. The summed E-state index contributed by atoms with van der Waals surface area (Å²) in [6, 6.07) is 1.16. The van der Waals surface area contributed by atoms with Gasteiger partial charge in [0, 0.05) is 6.20 Å². The molecule has 18 heavy (non-hydrogen) atoms. The molecule has 0 aliphatic heterocycles. The predicted octanol–water partition coefficient (Wildman–Crippen LogP) is 2.41. The molecule has 0 saturated heterocycles. The van der Waals surface area contributed by atoms with E-state index < -0.39 is 34.5 Å². The topological polar surface area (TPSA) is 82.3 Å². The molecule has 0 saturated carbocycles. The molecule has 1 heterocycles. The lowest BCUT2D eigenvalue weighted by molar-refractivity contribution is -0.386. The fraction of sp³-hybridized carbons (Fsp3) is 0.455. The van der Waals surface area contributed by atoms with Crippen molar-refractivity contribution in [3.05, 3.63) is 33.6 Å². The third kappa shape index (κ3) is 3.22. The van der Waals surface area contributed by atoms with Gasteiger partial charge in [-0.2, -0.15) is 0 Å². The van der Waals surface area contributed by atoms with Gasteiger partial charge in [-0.1, -0.05) is 0 Å². The van der Waals surface area contributed by atoms with Gasteiger partial charge in [0.2, 0.25) is 5.69 Å². The lowest BCUT2D eigenvalue weighted by Crippen LogP contribution is -2.25. The summed E-state index contributed by atoms with van der Waals surface area (Å²) >= 11 is 0. The van der Waals surface area contributed by atoms with Crippen LogP contribution in [-0.4, -0.2) is 21.5 Å². The molecule has 1 aromatic heterocycles. The Morgan fingerprint density at radius 3 is 2.61 bits per heavy atom. The van der Waals surface area contributed by atoms with Crippen LogP contribution < -0.4 is 0 Å². The highest BCUT2D eigenvalue weighted by Gasteiger charge is 2.29. The number of nitro groups is 1. The molecule has 0 amide bonds. The highest BCUT2D eigenvalue weighted by molar-refractivity contribution is 5.92. The van der Waals surface area contributed by atoms with Gasteiger partial charge < -0.3 is 4.74 Å². The zero-order valence-electron chi connectivity index (χ0n) is 10.3. The molecule has 0 radical (unpaired) electrons. The minimum absolute atomic E-state index is 0.198. The highest BCUT2D eigenvalue weighted by Crippen LogP contribution is 2.24. The second-order valence-electron chi connectivity index (χ2n) is 4.56. The van der Waals surface area contributed by atoms with Gasteiger partial charge in [-0.05, 0) is 26.8 Å². The van der Waals surface area contributed by atoms with E-state index in [2.05, 4.69) is 4.98 Å². The summed E-state index contributed by atoms with van der Waals surface area (Å²) in [7, 11) is 0. The molecule has 0 aliphatic carbocycles. The molecule has 7 heteroatoms. The van der Waals surface area contributed by atoms with Crippen molar-refractivity contribution in [3.8, 4) is 0 Å². The first-order valence-electron chi connectivity index (χ1n) is 5.18. The average Bonchev–Trinajstić information content (AvgIpc) is 2.25. The van der Waals surface area contributed by atoms with Gasteiger partial charge in [-0.25, -0.2) is 14.2 Å². The quantitative estimate of drug-likeness (QED) is 0.471. The van der Waals surface area contributed by atoms with Gasteiger partial charge in [-0.3, -0.25) is 10.1 Å². The summed E-state index contributed by atoms with van der Waals surface area (Å²) < 4.78 is 17.6. The minimum Gasteiger partial charge on any atom is -0.455 e. The number of alkyl halides is 1. The highest BCUT2D eigenvalue weighted by atomic mass is 19.1. The summed E-state index contributed by atoms with van der Waals surface area (Å²) in [4.78, 5) is 25.4. The number of hydrogen-bond acceptors (Lipinski definition) is 5. The van der Waals surface area contributed by atoms with Crippen LogP contribution in [0.25, 0.3) is 0 Å². The molecular weight excluding hydrogens is 243 g/mol. The van der Waals surface area contributed by atoms with E-state index in [1.807, 2.05) is 0 Å². The van der Waals surface area contributed by atoms with Gasteiger partial charge in [-0.15, -0.1) is 0 Å². The fourth-order valence-corrected chi connectivity index (χ4v) is 1.28. The van der Waals surface area contributed by atoms with Crippen molar-refractivity contribution < 1.29 is 18.8 Å². The third-order valence-electron chi connectivity index (χ3n) is 1.93. The number of rotatable bonds is 3. The minimum atomic E-state index is -1.05. The van der Waals surface area contributed by atoms with Crippen molar-refractivity contribution >= 4 is 11.7 Å². The van der Waals surface area contributed by atoms with Gasteiger partial charge >= 0.3 is 11.7 Å². The van der Waals surface area contributed by atoms with E-state index in [1.54, 1.807) is 20.8 Å². The Morgan fingerprint density at radius 1 is 1.56 bits per heavy atom. The fourth-order valence-electron chi connectivity index (χ4n) is 1.28. The van der Waals surface area contributed by atoms with Gasteiger partial charge in [0.05, 0.1) is 10.5 Å². The van der Waals surface area contributed by atoms with Gasteiger partial charge in [0.1, 0.15) is 12.3 Å². The molecule has 6 nitrogen and oxygen atoms in total. The number of pyridine rings is 1. The predicted molar refractivity (Wildman–Crippen MR) is 60.9 cm³/mol. The van der Waals surface area contributed by atoms with Gasteiger partial charge in [0.25, 0.3) is 0 Å². The second-order valence-corrected chi connectivity index (χ2v) is 4.56. The monoisotopic (exact) mass is 256 g/mol. The number of aromatic nitrogens is 1. The van der Waals surface area contributed by atoms with Crippen molar-refractivity contribution in [1.29, 1.82) is 0 Å². The molecule has 0 unspecified atom stereocenters. The van der Waals surface area contributed by atoms with Crippen molar-refractivity contribution in [1.82, 2.24) is 4.98 Å². The van der Waals surface area contributed by atoms with E-state index in [1.165, 1.54) is 0 Å². The van der Waals surface area contributed by atoms with Crippen LogP contribution in [0.15, 0.2) is 12.3 Å². The molecule has 0 aromatic carbocycles. The molecule has 1 rings (SSSR count). The Balaban J connectivity index is 3.24. The summed E-state index contributed by atoms with van der Waals surface area (Å²) in [6.07, 6.45) is 1.14. The van der Waals surface area contributed by atoms with E-state index in [0.29, 0.717) is 0 Å². The first kappa shape index (κ1) is 14.0. The van der Waals surface area contributed by atoms with Crippen LogP contribution in [-0.2, 0) is 11.4 Å². The van der Waals surface area contributed by atoms with Crippen LogP contribution in [0.3, 0.4) is 0 Å². The lowest BCUT2D eigenvalue weighted by atomic mass is 10.1. The molecule has 0 fully saturated rings. The zero-order chi connectivity index (χ0) is 13.9. The van der Waals surface area contributed by atoms with Crippen LogP contribution >= 0.6 is 0 Å². The zero-order valence-corrected chi connectivity index (χ0v) is 10.3. The maximum Gasteiger partial charge on any atom is 0.364 e. The maximum absolute atomic E-state index is 12.6. The van der Waals surface area contributed by atoms with Crippen molar-refractivity contribution in [2.75, 3.05) is 0 Å². The normalized spacial score (nSPS) is 11.1. The Bertz CT molecular complexity index is 482. The van der Waals surface area contributed by atoms with Crippen molar-refractivity contribution in [2.24, 2.45) is 0 Å². The van der Waals surface area contributed by atoms with E-state index in [-0.39, 0.29) is 5.56 Å². The van der Waals surface area contributed by atoms with E-state index in [9.17, 15) is 19.3 Å². The number of ether oxygens (including phenoxy) is 1. The Morgan fingerprint density at radius 2 is 2.17 bits per heavy atom. The van der Waals surface area contributed by atoms with Crippen LogP contribution in [0.2, 0.25) is 0 Å². The van der Waals surface area contributed by atoms with E-state index >= 15 is 0 Å². The Labute approximate surface area is 103 Å². The first-order valence-corrected chi connectivity index (χ1v) is 5.18. The molecule has 98 valence electrons. The molecule has 0 atom stereocenters. The number of carbonyl (C=O) groups is 1. The molecule has 0 spiro atoms. The number of hydrogen-bond donors (Lipinski definition) is 0.